The number of piperazine rings is 1. The highest BCUT2D eigenvalue weighted by molar-refractivity contribution is 6.03. The molecule has 0 bridgehead atoms. The summed E-state index contributed by atoms with van der Waals surface area (Å²) < 4.78 is 5.09. The molecule has 6 heteroatoms. The smallest absolute Gasteiger partial charge is 0.340 e. The van der Waals surface area contributed by atoms with E-state index in [1.54, 1.807) is 20.8 Å². The van der Waals surface area contributed by atoms with E-state index in [2.05, 4.69) is 21.8 Å². The van der Waals surface area contributed by atoms with Gasteiger partial charge in [-0.1, -0.05) is 0 Å². The third-order valence-corrected chi connectivity index (χ3v) is 4.63. The van der Waals surface area contributed by atoms with Crippen LogP contribution in [0.1, 0.15) is 46.0 Å². The summed E-state index contributed by atoms with van der Waals surface area (Å²) in [6.07, 6.45) is 0. The van der Waals surface area contributed by atoms with Gasteiger partial charge in [-0.05, 0) is 40.3 Å². The summed E-state index contributed by atoms with van der Waals surface area (Å²) in [5.74, 6) is -0.337. The number of nitrogens with zero attached hydrogens (tertiary/aromatic N) is 2. The van der Waals surface area contributed by atoms with Crippen LogP contribution in [0.3, 0.4) is 0 Å². The lowest BCUT2D eigenvalue weighted by atomic mass is 10.0. The molecule has 1 aliphatic heterocycles. The maximum atomic E-state index is 12.9. The van der Waals surface area contributed by atoms with Crippen molar-refractivity contribution in [2.45, 2.75) is 33.7 Å². The van der Waals surface area contributed by atoms with Crippen LogP contribution >= 0.6 is 0 Å². The van der Waals surface area contributed by atoms with Gasteiger partial charge in [-0.25, -0.2) is 4.79 Å². The zero-order valence-corrected chi connectivity index (χ0v) is 14.7. The molecule has 0 spiro atoms. The highest BCUT2D eigenvalue weighted by atomic mass is 16.5. The van der Waals surface area contributed by atoms with Crippen molar-refractivity contribution in [2.24, 2.45) is 0 Å². The van der Waals surface area contributed by atoms with E-state index in [0.717, 1.165) is 26.2 Å². The summed E-state index contributed by atoms with van der Waals surface area (Å²) in [6, 6.07) is -0.199. The Labute approximate surface area is 137 Å². The Morgan fingerprint density at radius 3 is 2.39 bits per heavy atom. The molecule has 2 heterocycles. The molecule has 128 valence electrons. The summed E-state index contributed by atoms with van der Waals surface area (Å²) in [4.78, 5) is 32.5. The van der Waals surface area contributed by atoms with Crippen LogP contribution < -0.4 is 0 Å². The molecule has 1 aromatic rings. The zero-order chi connectivity index (χ0) is 17.1. The first kappa shape index (κ1) is 17.7. The van der Waals surface area contributed by atoms with E-state index in [1.165, 1.54) is 0 Å². The zero-order valence-electron chi connectivity index (χ0n) is 14.7. The number of Topliss-reactive ketones (excluding diaryl/α,β-unsaturated/α-hetero) is 1. The number of hydrogen-bond acceptors (Lipinski definition) is 5. The van der Waals surface area contributed by atoms with Gasteiger partial charge in [-0.2, -0.15) is 0 Å². The molecule has 1 aromatic heterocycles. The molecule has 1 fully saturated rings. The Morgan fingerprint density at radius 2 is 1.83 bits per heavy atom. The Kier molecular flexibility index (Phi) is 5.59. The summed E-state index contributed by atoms with van der Waals surface area (Å²) in [6.45, 7) is 11.3. The normalized spacial score (nSPS) is 18.0. The largest absolute Gasteiger partial charge is 0.462 e. The average Bonchev–Trinajstić information content (AvgIpc) is 2.81. The number of ether oxygens (including phenoxy) is 1. The van der Waals surface area contributed by atoms with Crippen molar-refractivity contribution in [1.29, 1.82) is 0 Å². The van der Waals surface area contributed by atoms with E-state index < -0.39 is 0 Å². The maximum Gasteiger partial charge on any atom is 0.340 e. The fourth-order valence-electron chi connectivity index (χ4n) is 3.09. The number of rotatable bonds is 5. The Balaban J connectivity index is 2.19. The van der Waals surface area contributed by atoms with E-state index in [4.69, 9.17) is 4.74 Å². The van der Waals surface area contributed by atoms with Crippen molar-refractivity contribution in [3.05, 3.63) is 22.5 Å². The van der Waals surface area contributed by atoms with E-state index in [9.17, 15) is 9.59 Å². The summed E-state index contributed by atoms with van der Waals surface area (Å²) >= 11 is 0. The lowest BCUT2D eigenvalue weighted by molar-refractivity contribution is 0.0525. The number of carbonyl (C=O) groups is 2. The second kappa shape index (κ2) is 7.27. The molecule has 1 aliphatic rings. The predicted molar refractivity (Wildman–Crippen MR) is 89.1 cm³/mol. The standard InChI is InChI=1S/C17H27N3O3/c1-6-23-17(22)14-11(2)15(18-12(14)3)16(21)13(4)20-9-7-19(5)8-10-20/h13,18H,6-10H2,1-5H3/t13-/m0/s1. The van der Waals surface area contributed by atoms with Gasteiger partial charge in [0.05, 0.1) is 23.9 Å². The highest BCUT2D eigenvalue weighted by Crippen LogP contribution is 2.21. The summed E-state index contributed by atoms with van der Waals surface area (Å²) in [7, 11) is 2.09. The quantitative estimate of drug-likeness (QED) is 0.659. The van der Waals surface area contributed by atoms with Gasteiger partial charge in [0, 0.05) is 31.9 Å². The van der Waals surface area contributed by atoms with Crippen LogP contribution in [0.2, 0.25) is 0 Å². The van der Waals surface area contributed by atoms with Gasteiger partial charge in [0.2, 0.25) is 0 Å². The van der Waals surface area contributed by atoms with Gasteiger partial charge in [-0.15, -0.1) is 0 Å². The van der Waals surface area contributed by atoms with Gasteiger partial charge >= 0.3 is 5.97 Å². The second-order valence-corrected chi connectivity index (χ2v) is 6.22. The molecular weight excluding hydrogens is 294 g/mol. The molecule has 0 saturated carbocycles. The van der Waals surface area contributed by atoms with Crippen molar-refractivity contribution in [1.82, 2.24) is 14.8 Å². The maximum absolute atomic E-state index is 12.9. The average molecular weight is 321 g/mol. The van der Waals surface area contributed by atoms with E-state index in [0.29, 0.717) is 29.1 Å². The molecule has 1 saturated heterocycles. The Morgan fingerprint density at radius 1 is 1.22 bits per heavy atom. The second-order valence-electron chi connectivity index (χ2n) is 6.22. The predicted octanol–water partition coefficient (Wildman–Crippen LogP) is 1.63. The number of nitrogens with one attached hydrogen (secondary N) is 1. The van der Waals surface area contributed by atoms with Gasteiger partial charge in [0.1, 0.15) is 0 Å². The lowest BCUT2D eigenvalue weighted by Crippen LogP contribution is -2.50. The Hall–Kier alpha value is -1.66. The third kappa shape index (κ3) is 3.64. The molecule has 0 aliphatic carbocycles. The first-order valence-corrected chi connectivity index (χ1v) is 8.19. The number of esters is 1. The number of H-pyrrole nitrogens is 1. The molecule has 0 unspecified atom stereocenters. The number of hydrogen-bond donors (Lipinski definition) is 1. The van der Waals surface area contributed by atoms with E-state index in [-0.39, 0.29) is 17.8 Å². The highest BCUT2D eigenvalue weighted by Gasteiger charge is 2.29. The van der Waals surface area contributed by atoms with E-state index in [1.807, 2.05) is 6.92 Å². The minimum absolute atomic E-state index is 0.0331. The van der Waals surface area contributed by atoms with Crippen LogP contribution in [0, 0.1) is 13.8 Å². The third-order valence-electron chi connectivity index (χ3n) is 4.63. The topological polar surface area (TPSA) is 65.6 Å². The molecule has 0 aromatic carbocycles. The van der Waals surface area contributed by atoms with Crippen LogP contribution in [0.25, 0.3) is 0 Å². The lowest BCUT2D eigenvalue weighted by Gasteiger charge is -2.35. The Bertz CT molecular complexity index is 586. The van der Waals surface area contributed by atoms with Crippen molar-refractivity contribution in [2.75, 3.05) is 39.8 Å². The van der Waals surface area contributed by atoms with Crippen LogP contribution in [0.5, 0.6) is 0 Å². The van der Waals surface area contributed by atoms with Crippen molar-refractivity contribution in [3.8, 4) is 0 Å². The number of aryl methyl sites for hydroxylation is 1. The molecule has 2 rings (SSSR count). The van der Waals surface area contributed by atoms with E-state index >= 15 is 0 Å². The van der Waals surface area contributed by atoms with Gasteiger partial charge < -0.3 is 14.6 Å². The van der Waals surface area contributed by atoms with Crippen LogP contribution in [0.15, 0.2) is 0 Å². The minimum atomic E-state index is -0.370. The first-order valence-electron chi connectivity index (χ1n) is 8.19. The van der Waals surface area contributed by atoms with Gasteiger partial charge in [0.25, 0.3) is 0 Å². The van der Waals surface area contributed by atoms with Gasteiger partial charge in [0.15, 0.2) is 5.78 Å². The molecule has 0 amide bonds. The molecule has 6 nitrogen and oxygen atoms in total. The molecule has 0 radical (unpaired) electrons. The van der Waals surface area contributed by atoms with Crippen molar-refractivity contribution >= 4 is 11.8 Å². The fraction of sp³-hybridized carbons (Fsp3) is 0.647. The number of carbonyl (C=O) groups excluding carboxylic acids is 2. The van der Waals surface area contributed by atoms with Crippen LogP contribution in [-0.2, 0) is 4.74 Å². The van der Waals surface area contributed by atoms with Crippen molar-refractivity contribution in [3.63, 3.8) is 0 Å². The molecule has 1 N–H and O–H groups in total. The molecule has 23 heavy (non-hydrogen) atoms. The monoisotopic (exact) mass is 321 g/mol. The summed E-state index contributed by atoms with van der Waals surface area (Å²) in [5.41, 5.74) is 2.39. The number of likely N-dealkylation sites (N-methyl/N-ethyl adjacent to an activating group) is 1. The minimum Gasteiger partial charge on any atom is -0.462 e. The number of ketones is 1. The van der Waals surface area contributed by atoms with Crippen molar-refractivity contribution < 1.29 is 14.3 Å². The molecular formula is C17H27N3O3. The van der Waals surface area contributed by atoms with Crippen LogP contribution in [-0.4, -0.2) is 72.4 Å². The van der Waals surface area contributed by atoms with Gasteiger partial charge in [-0.3, -0.25) is 9.69 Å². The SMILES string of the molecule is CCOC(=O)c1c(C)[nH]c(C(=O)[C@H](C)N2CCN(C)CC2)c1C. The number of aromatic nitrogens is 1. The summed E-state index contributed by atoms with van der Waals surface area (Å²) in [5, 5.41) is 0. The molecule has 1 atom stereocenters. The fourth-order valence-corrected chi connectivity index (χ4v) is 3.09. The first-order chi connectivity index (χ1) is 10.9. The number of aromatic amines is 1. The van der Waals surface area contributed by atoms with Crippen LogP contribution in [0.4, 0.5) is 0 Å².